The first-order valence-corrected chi connectivity index (χ1v) is 11.5. The molecule has 0 bridgehead atoms. The zero-order chi connectivity index (χ0) is 29.4. The van der Waals surface area contributed by atoms with E-state index in [2.05, 4.69) is 5.32 Å². The molecule has 2 rings (SSSR count). The number of halogens is 2. The topological polar surface area (TPSA) is 192 Å². The number of hydrogen-bond donors (Lipinski definition) is 2. The molecule has 2 N–H and O–H groups in total. The van der Waals surface area contributed by atoms with Crippen molar-refractivity contribution in [2.75, 3.05) is 20.2 Å². The number of carbonyl (C=O) groups is 5. The number of H-pyrrole nitrogens is 1. The highest BCUT2D eigenvalue weighted by molar-refractivity contribution is 5.77. The van der Waals surface area contributed by atoms with Gasteiger partial charge in [0.05, 0.1) is 6.20 Å². The number of aromatic nitrogens is 2. The minimum atomic E-state index is -2.19. The van der Waals surface area contributed by atoms with Crippen molar-refractivity contribution < 1.29 is 51.7 Å². The van der Waals surface area contributed by atoms with Gasteiger partial charge in [0.1, 0.15) is 12.7 Å². The third-order valence-corrected chi connectivity index (χ3v) is 5.30. The molecule has 0 aromatic carbocycles. The largest absolute Gasteiger partial charge is 0.463 e. The van der Waals surface area contributed by atoms with E-state index in [0.29, 0.717) is 10.8 Å². The molecule has 0 saturated carbocycles. The molecule has 1 aromatic rings. The predicted molar refractivity (Wildman–Crippen MR) is 123 cm³/mol. The smallest absolute Gasteiger partial charge is 0.336 e. The number of carbonyl (C=O) groups excluding carboxylic acids is 5. The van der Waals surface area contributed by atoms with Gasteiger partial charge in [-0.15, -0.1) is 0 Å². The maximum absolute atomic E-state index is 15.3. The number of nitrogens with zero attached hydrogens (tertiary/aromatic N) is 2. The number of ether oxygens (including phenoxy) is 4. The first kappa shape index (κ1) is 31.1. The minimum Gasteiger partial charge on any atom is -0.463 e. The summed E-state index contributed by atoms with van der Waals surface area (Å²) in [5.41, 5.74) is -2.44. The highest BCUT2D eigenvalue weighted by atomic mass is 19.1. The predicted octanol–water partition coefficient (Wildman–Crippen LogP) is -1.04. The summed E-state index contributed by atoms with van der Waals surface area (Å²) in [5, 5.41) is 2.26. The Hall–Kier alpha value is -4.15. The monoisotopic (exact) mass is 562 g/mol. The summed E-state index contributed by atoms with van der Waals surface area (Å²) in [5.74, 6) is -4.59. The van der Waals surface area contributed by atoms with E-state index >= 15 is 4.39 Å². The first-order chi connectivity index (χ1) is 18.2. The molecular formula is C22H28F2N4O11. The average Bonchev–Trinajstić information content (AvgIpc) is 2.83. The molecule has 1 saturated heterocycles. The molecule has 0 spiro atoms. The SMILES string of the molecule is CC(=O)OC[C@H]1O[C@@H](NC(=O)CCCN(C)C(=O)n2cc(F)c(=O)[nH]c2=O)[C@H](F)[C@@H](OC(C)=O)[C@@H]1OC(C)=O. The second-order valence-electron chi connectivity index (χ2n) is 8.47. The van der Waals surface area contributed by atoms with Gasteiger partial charge in [-0.1, -0.05) is 0 Å². The Bertz CT molecular complexity index is 1220. The van der Waals surface area contributed by atoms with E-state index < -0.39 is 84.2 Å². The molecule has 216 valence electrons. The lowest BCUT2D eigenvalue weighted by molar-refractivity contribution is -0.239. The third-order valence-electron chi connectivity index (χ3n) is 5.30. The summed E-state index contributed by atoms with van der Waals surface area (Å²) >= 11 is 0. The van der Waals surface area contributed by atoms with Crippen LogP contribution in [0.2, 0.25) is 0 Å². The van der Waals surface area contributed by atoms with Crippen molar-refractivity contribution in [1.29, 1.82) is 0 Å². The Morgan fingerprint density at radius 1 is 1.08 bits per heavy atom. The lowest BCUT2D eigenvalue weighted by Crippen LogP contribution is -2.63. The quantitative estimate of drug-likeness (QED) is 0.276. The van der Waals surface area contributed by atoms with Gasteiger partial charge in [-0.05, 0) is 6.42 Å². The van der Waals surface area contributed by atoms with Crippen molar-refractivity contribution in [1.82, 2.24) is 19.8 Å². The van der Waals surface area contributed by atoms with E-state index in [-0.39, 0.29) is 19.4 Å². The highest BCUT2D eigenvalue weighted by Gasteiger charge is 2.51. The van der Waals surface area contributed by atoms with Crippen molar-refractivity contribution >= 4 is 29.8 Å². The van der Waals surface area contributed by atoms with Gasteiger partial charge in [0.25, 0.3) is 5.56 Å². The van der Waals surface area contributed by atoms with E-state index in [1.165, 1.54) is 7.05 Å². The van der Waals surface area contributed by atoms with Crippen molar-refractivity contribution in [2.24, 2.45) is 0 Å². The fourth-order valence-electron chi connectivity index (χ4n) is 3.59. The number of alkyl halides is 1. The van der Waals surface area contributed by atoms with Gasteiger partial charge >= 0.3 is 29.6 Å². The van der Waals surface area contributed by atoms with Crippen LogP contribution in [0, 0.1) is 5.82 Å². The van der Waals surface area contributed by atoms with Crippen molar-refractivity contribution in [3.8, 4) is 0 Å². The van der Waals surface area contributed by atoms with Crippen LogP contribution in [0.1, 0.15) is 33.6 Å². The Labute approximate surface area is 219 Å². The molecule has 39 heavy (non-hydrogen) atoms. The number of esters is 3. The molecule has 15 nitrogen and oxygen atoms in total. The molecule has 5 atom stereocenters. The summed E-state index contributed by atoms with van der Waals surface area (Å²) in [4.78, 5) is 84.7. The van der Waals surface area contributed by atoms with Crippen molar-refractivity contribution in [3.05, 3.63) is 32.9 Å². The first-order valence-electron chi connectivity index (χ1n) is 11.5. The van der Waals surface area contributed by atoms with Gasteiger partial charge in [-0.3, -0.25) is 29.0 Å². The molecule has 1 aliphatic heterocycles. The van der Waals surface area contributed by atoms with Crippen LogP contribution in [0.4, 0.5) is 13.6 Å². The van der Waals surface area contributed by atoms with Crippen LogP contribution in [-0.2, 0) is 38.1 Å². The Morgan fingerprint density at radius 3 is 2.28 bits per heavy atom. The fraction of sp³-hybridized carbons (Fsp3) is 0.591. The number of aromatic amines is 1. The summed E-state index contributed by atoms with van der Waals surface area (Å²) in [6, 6.07) is -0.982. The van der Waals surface area contributed by atoms with E-state index in [0.717, 1.165) is 25.7 Å². The molecule has 2 heterocycles. The summed E-state index contributed by atoms with van der Waals surface area (Å²) in [7, 11) is 1.26. The van der Waals surface area contributed by atoms with Crippen molar-refractivity contribution in [3.63, 3.8) is 0 Å². The molecule has 17 heteroatoms. The summed E-state index contributed by atoms with van der Waals surface area (Å²) in [6.45, 7) is 2.50. The molecule has 1 aliphatic rings. The van der Waals surface area contributed by atoms with Gasteiger partial charge in [-0.2, -0.15) is 4.39 Å². The molecule has 1 fully saturated rings. The van der Waals surface area contributed by atoms with Crippen LogP contribution in [0.15, 0.2) is 15.8 Å². The molecule has 2 amide bonds. The Morgan fingerprint density at radius 2 is 1.69 bits per heavy atom. The Kier molecular flexibility index (Phi) is 10.8. The lowest BCUT2D eigenvalue weighted by atomic mass is 9.98. The van der Waals surface area contributed by atoms with Gasteiger partial charge in [0.2, 0.25) is 11.7 Å². The lowest BCUT2D eigenvalue weighted by Gasteiger charge is -2.42. The van der Waals surface area contributed by atoms with Crippen LogP contribution in [0.3, 0.4) is 0 Å². The van der Waals surface area contributed by atoms with Crippen LogP contribution in [0.25, 0.3) is 0 Å². The van der Waals surface area contributed by atoms with Crippen LogP contribution >= 0.6 is 0 Å². The maximum atomic E-state index is 15.3. The normalized spacial score (nSPS) is 22.4. The number of hydrogen-bond acceptors (Lipinski definition) is 11. The average molecular weight is 562 g/mol. The fourth-order valence-corrected chi connectivity index (χ4v) is 3.59. The number of amides is 2. The van der Waals surface area contributed by atoms with E-state index in [9.17, 15) is 38.0 Å². The minimum absolute atomic E-state index is 0.00133. The third kappa shape index (κ3) is 8.69. The van der Waals surface area contributed by atoms with Gasteiger partial charge in [0.15, 0.2) is 24.6 Å². The molecule has 0 aliphatic carbocycles. The van der Waals surface area contributed by atoms with E-state index in [1.807, 2.05) is 0 Å². The number of rotatable bonds is 9. The summed E-state index contributed by atoms with van der Waals surface area (Å²) in [6.07, 6.45) is -8.24. The summed E-state index contributed by atoms with van der Waals surface area (Å²) < 4.78 is 49.5. The molecular weight excluding hydrogens is 534 g/mol. The Balaban J connectivity index is 2.05. The second kappa shape index (κ2) is 13.6. The van der Waals surface area contributed by atoms with Crippen LogP contribution in [0.5, 0.6) is 0 Å². The zero-order valence-corrected chi connectivity index (χ0v) is 21.4. The van der Waals surface area contributed by atoms with E-state index in [1.54, 1.807) is 4.98 Å². The molecule has 1 aromatic heterocycles. The van der Waals surface area contributed by atoms with Gasteiger partial charge in [0, 0.05) is 40.8 Å². The zero-order valence-electron chi connectivity index (χ0n) is 21.4. The van der Waals surface area contributed by atoms with Crippen molar-refractivity contribution in [2.45, 2.75) is 64.3 Å². The number of nitrogens with one attached hydrogen (secondary N) is 2. The van der Waals surface area contributed by atoms with Crippen LogP contribution in [-0.4, -0.2) is 95.2 Å². The highest BCUT2D eigenvalue weighted by Crippen LogP contribution is 2.28. The standard InChI is InChI=1S/C22H28F2N4O11/c1-10(29)36-9-14-17(37-11(2)30)18(38-12(3)31)16(24)20(39-14)25-15(32)6-5-7-27(4)22(35)28-8-13(23)19(33)26-21(28)34/h8,14,16-18,20H,5-7,9H2,1-4H3,(H,25,32)(H,26,33,34)/t14-,16-,17-,18-,20-/m1/s1. The van der Waals surface area contributed by atoms with Gasteiger partial charge in [-0.25, -0.2) is 18.5 Å². The van der Waals surface area contributed by atoms with Gasteiger partial charge < -0.3 is 29.2 Å². The van der Waals surface area contributed by atoms with E-state index in [4.69, 9.17) is 18.9 Å². The molecule has 0 unspecified atom stereocenters. The second-order valence-corrected chi connectivity index (χ2v) is 8.47. The molecule has 0 radical (unpaired) electrons. The van der Waals surface area contributed by atoms with Crippen LogP contribution < -0.4 is 16.6 Å². The maximum Gasteiger partial charge on any atom is 0.336 e.